The number of carbonyl (C=O) groups is 1. The summed E-state index contributed by atoms with van der Waals surface area (Å²) in [6.45, 7) is 5.11. The van der Waals surface area contributed by atoms with Crippen LogP contribution in [0.3, 0.4) is 0 Å². The minimum absolute atomic E-state index is 0.0901. The average molecular weight is 477 g/mol. The third-order valence-corrected chi connectivity index (χ3v) is 8.45. The van der Waals surface area contributed by atoms with E-state index in [0.29, 0.717) is 11.0 Å². The van der Waals surface area contributed by atoms with Crippen LogP contribution in [0.15, 0.2) is 16.6 Å². The number of nitrogens with zero attached hydrogens (tertiary/aromatic N) is 5. The van der Waals surface area contributed by atoms with Gasteiger partial charge in [0, 0.05) is 28.3 Å². The van der Waals surface area contributed by atoms with Crippen molar-refractivity contribution in [3.8, 4) is 11.4 Å². The van der Waals surface area contributed by atoms with Crippen LogP contribution in [0, 0.1) is 0 Å². The van der Waals surface area contributed by atoms with Gasteiger partial charge in [-0.1, -0.05) is 56.2 Å². The van der Waals surface area contributed by atoms with E-state index in [9.17, 15) is 4.79 Å². The molecule has 31 heavy (non-hydrogen) atoms. The fraction of sp³-hybridized carbons (Fsp3) is 0.571. The second-order valence-electron chi connectivity index (χ2n) is 7.73. The molecular formula is C21H28N6OS3. The Labute approximate surface area is 195 Å². The van der Waals surface area contributed by atoms with Crippen LogP contribution >= 0.6 is 34.4 Å². The number of hydrogen-bond acceptors (Lipinski definition) is 8. The van der Waals surface area contributed by atoms with Crippen molar-refractivity contribution in [2.24, 2.45) is 0 Å². The molecule has 166 valence electrons. The van der Waals surface area contributed by atoms with Crippen LogP contribution in [0.5, 0.6) is 0 Å². The Bertz CT molecular complexity index is 1000. The van der Waals surface area contributed by atoms with Gasteiger partial charge in [-0.3, -0.25) is 10.1 Å². The van der Waals surface area contributed by atoms with E-state index in [1.807, 2.05) is 0 Å². The van der Waals surface area contributed by atoms with Gasteiger partial charge in [-0.2, -0.15) is 0 Å². The summed E-state index contributed by atoms with van der Waals surface area (Å²) in [6.07, 6.45) is 8.18. The summed E-state index contributed by atoms with van der Waals surface area (Å²) in [7, 11) is 0. The van der Waals surface area contributed by atoms with Gasteiger partial charge in [0.1, 0.15) is 5.01 Å². The first-order valence-corrected chi connectivity index (χ1v) is 13.6. The Hall–Kier alpha value is -1.78. The van der Waals surface area contributed by atoms with E-state index in [2.05, 4.69) is 55.6 Å². The molecule has 1 saturated carbocycles. The maximum Gasteiger partial charge on any atom is 0.236 e. The van der Waals surface area contributed by atoms with E-state index >= 15 is 0 Å². The quantitative estimate of drug-likeness (QED) is 0.404. The summed E-state index contributed by atoms with van der Waals surface area (Å²) < 4.78 is 2.12. The van der Waals surface area contributed by atoms with Gasteiger partial charge in [0.2, 0.25) is 11.0 Å². The van der Waals surface area contributed by atoms with E-state index in [1.165, 1.54) is 60.1 Å². The molecule has 1 amide bonds. The minimum atomic E-state index is -0.0901. The number of anilines is 1. The van der Waals surface area contributed by atoms with E-state index in [0.717, 1.165) is 40.9 Å². The van der Waals surface area contributed by atoms with Crippen LogP contribution in [0.25, 0.3) is 11.4 Å². The average Bonchev–Trinajstić information content (AvgIpc) is 3.53. The number of hydrogen-bond donors (Lipinski definition) is 1. The van der Waals surface area contributed by atoms with Gasteiger partial charge in [0.25, 0.3) is 0 Å². The first-order valence-electron chi connectivity index (χ1n) is 10.9. The van der Waals surface area contributed by atoms with E-state index < -0.39 is 0 Å². The molecule has 0 bridgehead atoms. The van der Waals surface area contributed by atoms with Crippen molar-refractivity contribution in [2.75, 3.05) is 11.1 Å². The van der Waals surface area contributed by atoms with Crippen molar-refractivity contribution in [1.82, 2.24) is 25.0 Å². The van der Waals surface area contributed by atoms with Crippen LogP contribution in [0.2, 0.25) is 0 Å². The molecule has 0 spiro atoms. The van der Waals surface area contributed by atoms with Gasteiger partial charge < -0.3 is 4.57 Å². The molecule has 1 aliphatic carbocycles. The first kappa shape index (κ1) is 22.4. The van der Waals surface area contributed by atoms with E-state index in [1.54, 1.807) is 11.3 Å². The lowest BCUT2D eigenvalue weighted by Crippen LogP contribution is -2.14. The summed E-state index contributed by atoms with van der Waals surface area (Å²) in [5.74, 6) is 1.56. The zero-order valence-electron chi connectivity index (χ0n) is 18.0. The van der Waals surface area contributed by atoms with Crippen molar-refractivity contribution in [2.45, 2.75) is 76.4 Å². The lowest BCUT2D eigenvalue weighted by Gasteiger charge is -2.18. The number of rotatable bonds is 9. The predicted molar refractivity (Wildman–Crippen MR) is 128 cm³/mol. The Balaban J connectivity index is 1.37. The molecule has 1 N–H and O–H groups in total. The van der Waals surface area contributed by atoms with Crippen LogP contribution in [-0.2, 0) is 17.8 Å². The molecule has 3 aromatic heterocycles. The number of aromatic nitrogens is 5. The molecule has 1 aliphatic rings. The van der Waals surface area contributed by atoms with Crippen LogP contribution in [0.1, 0.15) is 68.2 Å². The molecule has 0 aliphatic heterocycles. The largest absolute Gasteiger partial charge is 0.302 e. The molecular weight excluding hydrogens is 448 g/mol. The van der Waals surface area contributed by atoms with Crippen LogP contribution < -0.4 is 5.32 Å². The normalized spacial score (nSPS) is 14.8. The molecule has 0 radical (unpaired) electrons. The lowest BCUT2D eigenvalue weighted by atomic mass is 9.90. The topological polar surface area (TPSA) is 85.6 Å². The van der Waals surface area contributed by atoms with Crippen molar-refractivity contribution in [1.29, 1.82) is 0 Å². The Morgan fingerprint density at radius 1 is 1.19 bits per heavy atom. The standard InChI is InChI=1S/C21H28N6OS3/c1-3-10-27-18(15-11-16(4-2)29-12-15)23-26-21(27)30-13-17(28)22-20-25-24-19(31-20)14-8-6-5-7-9-14/h11-12,14H,3-10,13H2,1-2H3,(H,22,25,28). The Morgan fingerprint density at radius 3 is 2.77 bits per heavy atom. The van der Waals surface area contributed by atoms with Crippen LogP contribution in [-0.4, -0.2) is 36.6 Å². The summed E-state index contributed by atoms with van der Waals surface area (Å²) in [5.41, 5.74) is 1.10. The summed E-state index contributed by atoms with van der Waals surface area (Å²) in [6, 6.07) is 2.18. The van der Waals surface area contributed by atoms with E-state index in [-0.39, 0.29) is 11.7 Å². The lowest BCUT2D eigenvalue weighted by molar-refractivity contribution is -0.113. The monoisotopic (exact) mass is 476 g/mol. The number of amides is 1. The SMILES string of the molecule is CCCn1c(SCC(=O)Nc2nnc(C3CCCCC3)s2)nnc1-c1csc(CC)c1. The summed E-state index contributed by atoms with van der Waals surface area (Å²) >= 11 is 4.67. The van der Waals surface area contributed by atoms with Gasteiger partial charge in [-0.25, -0.2) is 0 Å². The molecule has 7 nitrogen and oxygen atoms in total. The number of thiophene rings is 1. The third-order valence-electron chi connectivity index (χ3n) is 5.40. The van der Waals surface area contributed by atoms with Crippen LogP contribution in [0.4, 0.5) is 5.13 Å². The molecule has 4 rings (SSSR count). The molecule has 10 heteroatoms. The molecule has 3 heterocycles. The van der Waals surface area contributed by atoms with Gasteiger partial charge in [-0.05, 0) is 31.7 Å². The molecule has 0 unspecified atom stereocenters. The first-order chi connectivity index (χ1) is 15.2. The second-order valence-corrected chi connectivity index (χ2v) is 10.7. The maximum absolute atomic E-state index is 12.5. The second kappa shape index (κ2) is 10.7. The van der Waals surface area contributed by atoms with E-state index in [4.69, 9.17) is 0 Å². The molecule has 0 saturated heterocycles. The molecule has 3 aromatic rings. The maximum atomic E-state index is 12.5. The van der Waals surface area contributed by atoms with Crippen molar-refractivity contribution in [3.63, 3.8) is 0 Å². The third kappa shape index (κ3) is 5.53. The fourth-order valence-corrected chi connectivity index (χ4v) is 6.31. The summed E-state index contributed by atoms with van der Waals surface area (Å²) in [5, 5.41) is 24.7. The van der Waals surface area contributed by atoms with Gasteiger partial charge >= 0.3 is 0 Å². The van der Waals surface area contributed by atoms with Gasteiger partial charge in [0.05, 0.1) is 5.75 Å². The van der Waals surface area contributed by atoms with Gasteiger partial charge in [-0.15, -0.1) is 31.7 Å². The number of nitrogens with one attached hydrogen (secondary N) is 1. The Morgan fingerprint density at radius 2 is 2.03 bits per heavy atom. The Kier molecular flexibility index (Phi) is 7.73. The zero-order chi connectivity index (χ0) is 21.6. The highest BCUT2D eigenvalue weighted by Gasteiger charge is 2.21. The van der Waals surface area contributed by atoms with Crippen molar-refractivity contribution in [3.05, 3.63) is 21.3 Å². The highest BCUT2D eigenvalue weighted by molar-refractivity contribution is 7.99. The smallest absolute Gasteiger partial charge is 0.236 e. The minimum Gasteiger partial charge on any atom is -0.302 e. The predicted octanol–water partition coefficient (Wildman–Crippen LogP) is 5.61. The van der Waals surface area contributed by atoms with Crippen molar-refractivity contribution < 1.29 is 4.79 Å². The van der Waals surface area contributed by atoms with Crippen molar-refractivity contribution >= 4 is 45.5 Å². The fourth-order valence-electron chi connectivity index (χ4n) is 3.80. The summed E-state index contributed by atoms with van der Waals surface area (Å²) in [4.78, 5) is 13.8. The molecule has 0 atom stereocenters. The van der Waals surface area contributed by atoms with Gasteiger partial charge in [0.15, 0.2) is 11.0 Å². The number of thioether (sulfide) groups is 1. The highest BCUT2D eigenvalue weighted by Crippen LogP contribution is 2.35. The zero-order valence-corrected chi connectivity index (χ0v) is 20.4. The number of aryl methyl sites for hydroxylation is 1. The number of carbonyl (C=O) groups excluding carboxylic acids is 1. The molecule has 0 aromatic carbocycles. The highest BCUT2D eigenvalue weighted by atomic mass is 32.2. The molecule has 1 fully saturated rings.